The van der Waals surface area contributed by atoms with E-state index in [9.17, 15) is 8.42 Å². The first-order chi connectivity index (χ1) is 8.50. The summed E-state index contributed by atoms with van der Waals surface area (Å²) in [5.74, 6) is 1.42. The molecule has 0 saturated carbocycles. The molecule has 1 aliphatic heterocycles. The van der Waals surface area contributed by atoms with Crippen LogP contribution in [-0.4, -0.2) is 25.3 Å². The maximum atomic E-state index is 11.5. The fraction of sp³-hybridized carbons (Fsp3) is 0.538. The van der Waals surface area contributed by atoms with Gasteiger partial charge in [-0.25, -0.2) is 8.42 Å². The van der Waals surface area contributed by atoms with Crippen LogP contribution in [0.1, 0.15) is 12.0 Å². The molecule has 0 N–H and O–H groups in total. The van der Waals surface area contributed by atoms with Crippen molar-refractivity contribution in [2.75, 3.05) is 16.8 Å². The highest BCUT2D eigenvalue weighted by molar-refractivity contribution is 9.10. The minimum Gasteiger partial charge on any atom is -0.229 e. The van der Waals surface area contributed by atoms with E-state index in [1.165, 1.54) is 5.56 Å². The van der Waals surface area contributed by atoms with Crippen molar-refractivity contribution in [3.05, 3.63) is 34.3 Å². The average Bonchev–Trinajstić information content (AvgIpc) is 2.66. The summed E-state index contributed by atoms with van der Waals surface area (Å²) >= 11 is 7.00. The quantitative estimate of drug-likeness (QED) is 0.731. The molecule has 100 valence electrons. The van der Waals surface area contributed by atoms with Crippen LogP contribution < -0.4 is 0 Å². The summed E-state index contributed by atoms with van der Waals surface area (Å²) in [6, 6.07) is 8.24. The molecule has 0 radical (unpaired) electrons. The van der Waals surface area contributed by atoms with Gasteiger partial charge in [-0.3, -0.25) is 0 Å². The summed E-state index contributed by atoms with van der Waals surface area (Å²) in [6.45, 7) is 0. The molecule has 1 saturated heterocycles. The maximum absolute atomic E-state index is 11.5. The third-order valence-electron chi connectivity index (χ3n) is 3.52. The van der Waals surface area contributed by atoms with E-state index in [2.05, 4.69) is 44.0 Å². The third-order valence-corrected chi connectivity index (χ3v) is 6.64. The zero-order chi connectivity index (χ0) is 13.2. The molecule has 2 rings (SSSR count). The minimum absolute atomic E-state index is 0.299. The zero-order valence-corrected chi connectivity index (χ0v) is 14.0. The van der Waals surface area contributed by atoms with E-state index in [1.54, 1.807) is 0 Å². The Balaban J connectivity index is 2.06. The van der Waals surface area contributed by atoms with E-state index in [0.717, 1.165) is 22.6 Å². The topological polar surface area (TPSA) is 34.1 Å². The number of rotatable bonds is 4. The average molecular weight is 396 g/mol. The number of hydrogen-bond acceptors (Lipinski definition) is 2. The summed E-state index contributed by atoms with van der Waals surface area (Å²) in [5, 5.41) is 0.861. The van der Waals surface area contributed by atoms with Crippen LogP contribution in [-0.2, 0) is 16.3 Å². The summed E-state index contributed by atoms with van der Waals surface area (Å²) in [5.41, 5.74) is 1.26. The molecule has 0 aromatic heterocycles. The van der Waals surface area contributed by atoms with Gasteiger partial charge in [-0.2, -0.15) is 0 Å². The predicted octanol–water partition coefficient (Wildman–Crippen LogP) is 3.44. The third kappa shape index (κ3) is 3.81. The van der Waals surface area contributed by atoms with Crippen molar-refractivity contribution in [1.29, 1.82) is 0 Å². The fourth-order valence-corrected chi connectivity index (χ4v) is 5.63. The van der Waals surface area contributed by atoms with Crippen molar-refractivity contribution >= 4 is 41.7 Å². The lowest BCUT2D eigenvalue weighted by molar-refractivity contribution is 0.402. The first kappa shape index (κ1) is 14.5. The number of benzene rings is 1. The Morgan fingerprint density at radius 2 is 2.17 bits per heavy atom. The molecule has 1 aliphatic rings. The summed E-state index contributed by atoms with van der Waals surface area (Å²) in [7, 11) is -2.78. The minimum atomic E-state index is -2.78. The van der Waals surface area contributed by atoms with E-state index in [1.807, 2.05) is 12.1 Å². The Morgan fingerprint density at radius 1 is 1.39 bits per heavy atom. The van der Waals surface area contributed by atoms with Gasteiger partial charge in [-0.15, -0.1) is 0 Å². The van der Waals surface area contributed by atoms with E-state index in [-0.39, 0.29) is 0 Å². The summed E-state index contributed by atoms with van der Waals surface area (Å²) in [4.78, 5) is 0. The van der Waals surface area contributed by atoms with Gasteiger partial charge in [0, 0.05) is 9.80 Å². The number of alkyl halides is 1. The first-order valence-corrected chi connectivity index (χ1v) is 9.74. The lowest BCUT2D eigenvalue weighted by Gasteiger charge is -2.20. The molecular formula is C13H16Br2O2S. The monoisotopic (exact) mass is 394 g/mol. The Bertz CT molecular complexity index is 513. The van der Waals surface area contributed by atoms with Crippen molar-refractivity contribution in [3.63, 3.8) is 0 Å². The molecule has 2 nitrogen and oxygen atoms in total. The van der Waals surface area contributed by atoms with Gasteiger partial charge < -0.3 is 0 Å². The standard InChI is InChI=1S/C13H16Br2O2S/c14-8-12(11-4-5-18(16,17)9-11)6-10-2-1-3-13(15)7-10/h1-3,7,11-12H,4-6,8-9H2. The number of halogens is 2. The normalized spacial score (nSPS) is 24.0. The van der Waals surface area contributed by atoms with E-state index in [4.69, 9.17) is 0 Å². The number of hydrogen-bond donors (Lipinski definition) is 0. The van der Waals surface area contributed by atoms with Crippen molar-refractivity contribution in [1.82, 2.24) is 0 Å². The van der Waals surface area contributed by atoms with Gasteiger partial charge in [-0.05, 0) is 42.4 Å². The molecule has 0 spiro atoms. The molecule has 0 aliphatic carbocycles. The lowest BCUT2D eigenvalue weighted by Crippen LogP contribution is -2.20. The van der Waals surface area contributed by atoms with Gasteiger partial charge >= 0.3 is 0 Å². The van der Waals surface area contributed by atoms with Gasteiger partial charge in [-0.1, -0.05) is 44.0 Å². The maximum Gasteiger partial charge on any atom is 0.150 e. The van der Waals surface area contributed by atoms with E-state index < -0.39 is 9.84 Å². The molecule has 2 atom stereocenters. The van der Waals surface area contributed by atoms with Gasteiger partial charge in [0.1, 0.15) is 0 Å². The molecule has 1 fully saturated rings. The molecule has 1 aromatic carbocycles. The highest BCUT2D eigenvalue weighted by Crippen LogP contribution is 2.30. The van der Waals surface area contributed by atoms with Crippen LogP contribution in [0.4, 0.5) is 0 Å². The van der Waals surface area contributed by atoms with E-state index in [0.29, 0.717) is 23.3 Å². The van der Waals surface area contributed by atoms with Crippen LogP contribution in [0.25, 0.3) is 0 Å². The van der Waals surface area contributed by atoms with Crippen LogP contribution in [0.5, 0.6) is 0 Å². The van der Waals surface area contributed by atoms with Crippen molar-refractivity contribution in [2.24, 2.45) is 11.8 Å². The molecule has 0 amide bonds. The zero-order valence-electron chi connectivity index (χ0n) is 9.98. The van der Waals surface area contributed by atoms with Gasteiger partial charge in [0.15, 0.2) is 9.84 Å². The summed E-state index contributed by atoms with van der Waals surface area (Å²) in [6.07, 6.45) is 1.75. The Kier molecular flexibility index (Phi) is 4.89. The molecule has 18 heavy (non-hydrogen) atoms. The Morgan fingerprint density at radius 3 is 2.72 bits per heavy atom. The molecule has 5 heteroatoms. The van der Waals surface area contributed by atoms with Gasteiger partial charge in [0.05, 0.1) is 11.5 Å². The smallest absolute Gasteiger partial charge is 0.150 e. The number of sulfone groups is 1. The molecule has 2 unspecified atom stereocenters. The second-order valence-electron chi connectivity index (χ2n) is 4.91. The molecule has 1 aromatic rings. The highest BCUT2D eigenvalue weighted by atomic mass is 79.9. The second kappa shape index (κ2) is 6.06. The Labute approximate surface area is 125 Å². The van der Waals surface area contributed by atoms with E-state index >= 15 is 0 Å². The molecular weight excluding hydrogens is 380 g/mol. The van der Waals surface area contributed by atoms with Crippen LogP contribution in [0.3, 0.4) is 0 Å². The van der Waals surface area contributed by atoms with Crippen molar-refractivity contribution < 1.29 is 8.42 Å². The van der Waals surface area contributed by atoms with Crippen LogP contribution >= 0.6 is 31.9 Å². The molecule has 1 heterocycles. The highest BCUT2D eigenvalue weighted by Gasteiger charge is 2.33. The van der Waals surface area contributed by atoms with Gasteiger partial charge in [0.2, 0.25) is 0 Å². The lowest BCUT2D eigenvalue weighted by atomic mass is 9.88. The first-order valence-electron chi connectivity index (χ1n) is 6.01. The second-order valence-corrected chi connectivity index (χ2v) is 8.70. The Hall–Kier alpha value is 0.130. The van der Waals surface area contributed by atoms with Crippen LogP contribution in [0, 0.1) is 11.8 Å². The predicted molar refractivity (Wildman–Crippen MR) is 81.9 cm³/mol. The van der Waals surface area contributed by atoms with Gasteiger partial charge in [0.25, 0.3) is 0 Å². The van der Waals surface area contributed by atoms with Crippen molar-refractivity contribution in [3.8, 4) is 0 Å². The van der Waals surface area contributed by atoms with Crippen LogP contribution in [0.2, 0.25) is 0 Å². The SMILES string of the molecule is O=S1(=O)CCC(C(CBr)Cc2cccc(Br)c2)C1. The van der Waals surface area contributed by atoms with Crippen molar-refractivity contribution in [2.45, 2.75) is 12.8 Å². The van der Waals surface area contributed by atoms with Crippen LogP contribution in [0.15, 0.2) is 28.7 Å². The summed E-state index contributed by atoms with van der Waals surface area (Å²) < 4.78 is 24.2. The fourth-order valence-electron chi connectivity index (χ4n) is 2.51. The largest absolute Gasteiger partial charge is 0.229 e. The molecule has 0 bridgehead atoms.